The van der Waals surface area contributed by atoms with Crippen LogP contribution in [0.5, 0.6) is 0 Å². The first-order valence-electron chi connectivity index (χ1n) is 14.7. The minimum Gasteiger partial charge on any atom is -0.310 e. The number of hydrogen-bond acceptors (Lipinski definition) is 2. The molecule has 200 valence electrons. The molecule has 0 amide bonds. The van der Waals surface area contributed by atoms with Gasteiger partial charge in [0.1, 0.15) is 0 Å². The van der Waals surface area contributed by atoms with Gasteiger partial charge in [-0.2, -0.15) is 0 Å². The van der Waals surface area contributed by atoms with E-state index in [0.29, 0.717) is 0 Å². The third kappa shape index (κ3) is 3.00. The average molecular weight is 572 g/mol. The lowest BCUT2D eigenvalue weighted by Crippen LogP contribution is -2.74. The number of hydrogen-bond donors (Lipinski definition) is 0. The van der Waals surface area contributed by atoms with Gasteiger partial charge in [-0.25, -0.2) is 0 Å². The van der Waals surface area contributed by atoms with E-state index in [0.717, 1.165) is 0 Å². The third-order valence-electron chi connectivity index (χ3n) is 9.73. The number of fused-ring (bicyclic) bond motifs is 11. The zero-order valence-electron chi connectivity index (χ0n) is 23.6. The van der Waals surface area contributed by atoms with E-state index in [1.54, 1.807) is 0 Å². The van der Waals surface area contributed by atoms with Gasteiger partial charge in [-0.3, -0.25) is 0 Å². The molecule has 0 unspecified atom stereocenters. The van der Waals surface area contributed by atoms with Crippen molar-refractivity contribution in [2.75, 3.05) is 4.90 Å². The van der Waals surface area contributed by atoms with Crippen LogP contribution in [0.15, 0.2) is 149 Å². The first kappa shape index (κ1) is 24.3. The summed E-state index contributed by atoms with van der Waals surface area (Å²) in [6.07, 6.45) is 0. The van der Waals surface area contributed by atoms with Gasteiger partial charge in [-0.15, -0.1) is 0 Å². The first-order chi connectivity index (χ1) is 20.6. The van der Waals surface area contributed by atoms with Crippen LogP contribution in [-0.4, -0.2) is 8.07 Å². The zero-order valence-corrected chi connectivity index (χ0v) is 25.5. The second-order valence-electron chi connectivity index (χ2n) is 12.1. The molecule has 0 bridgehead atoms. The summed E-state index contributed by atoms with van der Waals surface area (Å²) in [5.74, 6) is 0. The molecule has 3 heteroatoms. The Labute approximate surface area is 252 Å². The third-order valence-corrected chi connectivity index (χ3v) is 16.2. The lowest BCUT2D eigenvalue weighted by molar-refractivity contribution is 0.632. The molecule has 6 aromatic carbocycles. The Morgan fingerprint density at radius 3 is 1.64 bits per heavy atom. The van der Waals surface area contributed by atoms with E-state index in [4.69, 9.17) is 0 Å². The average Bonchev–Trinajstić information content (AvgIpc) is 3.33. The van der Waals surface area contributed by atoms with Crippen molar-refractivity contribution >= 4 is 57.6 Å². The van der Waals surface area contributed by atoms with Crippen molar-refractivity contribution in [2.45, 2.75) is 29.1 Å². The Balaban J connectivity index is 1.37. The maximum absolute atomic E-state index is 2.56. The van der Waals surface area contributed by atoms with E-state index in [1.807, 2.05) is 11.8 Å². The van der Waals surface area contributed by atoms with Gasteiger partial charge in [-0.05, 0) is 79.4 Å². The standard InChI is InChI=1S/C39H29NSSi/c1-39(2)29-15-5-7-17-31(29)40(32-18-8-6-16-30(32)39)26-23-24-34-38(25-26)42(37-22-12-9-19-33(37)41-34)35-20-10-3-13-27(35)28-14-4-11-21-36(28)42/h3-25H,1-2H3. The molecule has 6 aromatic rings. The van der Waals surface area contributed by atoms with E-state index in [9.17, 15) is 0 Å². The van der Waals surface area contributed by atoms with Crippen molar-refractivity contribution in [2.24, 2.45) is 0 Å². The molecule has 0 saturated heterocycles. The molecule has 9 rings (SSSR count). The van der Waals surface area contributed by atoms with Gasteiger partial charge < -0.3 is 4.90 Å². The summed E-state index contributed by atoms with van der Waals surface area (Å²) in [5, 5.41) is 6.04. The summed E-state index contributed by atoms with van der Waals surface area (Å²) in [6.45, 7) is 4.72. The Kier molecular flexibility index (Phi) is 4.98. The monoisotopic (exact) mass is 571 g/mol. The smallest absolute Gasteiger partial charge is 0.183 e. The van der Waals surface area contributed by atoms with Gasteiger partial charge in [0.15, 0.2) is 8.07 Å². The van der Waals surface area contributed by atoms with Gasteiger partial charge in [0.05, 0.1) is 11.4 Å². The van der Waals surface area contributed by atoms with Gasteiger partial charge >= 0.3 is 0 Å². The summed E-state index contributed by atoms with van der Waals surface area (Å²) in [6, 6.07) is 52.8. The number of rotatable bonds is 1. The van der Waals surface area contributed by atoms with Gasteiger partial charge in [0.25, 0.3) is 0 Å². The summed E-state index contributed by atoms with van der Waals surface area (Å²) in [5.41, 5.74) is 9.22. The Morgan fingerprint density at radius 1 is 0.500 bits per heavy atom. The van der Waals surface area contributed by atoms with Gasteiger partial charge in [0, 0.05) is 20.9 Å². The fraction of sp³-hybridized carbons (Fsp3) is 0.0769. The molecule has 0 fully saturated rings. The van der Waals surface area contributed by atoms with Crippen LogP contribution >= 0.6 is 11.8 Å². The molecule has 0 N–H and O–H groups in total. The molecule has 0 radical (unpaired) electrons. The molecule has 1 spiro atoms. The minimum absolute atomic E-state index is 0.0774. The van der Waals surface area contributed by atoms with Crippen molar-refractivity contribution in [3.63, 3.8) is 0 Å². The largest absolute Gasteiger partial charge is 0.310 e. The lowest BCUT2D eigenvalue weighted by atomic mass is 9.73. The van der Waals surface area contributed by atoms with Crippen LogP contribution in [0.3, 0.4) is 0 Å². The van der Waals surface area contributed by atoms with Crippen molar-refractivity contribution < 1.29 is 0 Å². The molecular formula is C39H29NSSi. The summed E-state index contributed by atoms with van der Waals surface area (Å²) < 4.78 is 0. The van der Waals surface area contributed by atoms with E-state index in [1.165, 1.54) is 69.9 Å². The zero-order chi connectivity index (χ0) is 28.1. The summed E-state index contributed by atoms with van der Waals surface area (Å²) >= 11 is 1.94. The topological polar surface area (TPSA) is 3.24 Å². The highest BCUT2D eigenvalue weighted by Crippen LogP contribution is 2.52. The second kappa shape index (κ2) is 8.60. The minimum atomic E-state index is -2.56. The van der Waals surface area contributed by atoms with E-state index in [2.05, 4.69) is 158 Å². The number of para-hydroxylation sites is 2. The predicted molar refractivity (Wildman–Crippen MR) is 180 cm³/mol. The van der Waals surface area contributed by atoms with E-state index in [-0.39, 0.29) is 5.41 Å². The van der Waals surface area contributed by atoms with Gasteiger partial charge in [0.2, 0.25) is 0 Å². The van der Waals surface area contributed by atoms with Crippen LogP contribution < -0.4 is 25.6 Å². The Bertz CT molecular complexity index is 1980. The van der Waals surface area contributed by atoms with Crippen LogP contribution in [0.25, 0.3) is 11.1 Å². The molecule has 0 aliphatic carbocycles. The molecular weight excluding hydrogens is 543 g/mol. The summed E-state index contributed by atoms with van der Waals surface area (Å²) in [4.78, 5) is 5.29. The fourth-order valence-electron chi connectivity index (χ4n) is 7.93. The highest BCUT2D eigenvalue weighted by Gasteiger charge is 2.52. The maximum atomic E-state index is 2.55. The highest BCUT2D eigenvalue weighted by molar-refractivity contribution is 8.00. The van der Waals surface area contributed by atoms with Crippen LogP contribution in [0.4, 0.5) is 17.1 Å². The first-order valence-corrected chi connectivity index (χ1v) is 17.5. The van der Waals surface area contributed by atoms with Crippen molar-refractivity contribution in [1.82, 2.24) is 0 Å². The quantitative estimate of drug-likeness (QED) is 0.187. The SMILES string of the molecule is CC1(C)c2ccccc2N(c2ccc3c(c2)[Si]2(c4ccccc4S3)c3ccccc3-c3ccccc32)c2ccccc21. The molecule has 0 atom stereocenters. The molecule has 3 aliphatic rings. The molecule has 0 saturated carbocycles. The van der Waals surface area contributed by atoms with Crippen LogP contribution in [0.2, 0.25) is 0 Å². The molecule has 42 heavy (non-hydrogen) atoms. The number of anilines is 3. The Hall–Kier alpha value is -4.31. The second-order valence-corrected chi connectivity index (χ2v) is 16.9. The lowest BCUT2D eigenvalue weighted by Gasteiger charge is -2.43. The van der Waals surface area contributed by atoms with Gasteiger partial charge in [-0.1, -0.05) is 129 Å². The fourth-order valence-corrected chi connectivity index (χ4v) is 15.3. The Morgan fingerprint density at radius 2 is 1.00 bits per heavy atom. The van der Waals surface area contributed by atoms with Crippen molar-refractivity contribution in [3.05, 3.63) is 151 Å². The predicted octanol–water partition coefficient (Wildman–Crippen LogP) is 7.62. The molecule has 3 aliphatic heterocycles. The number of nitrogens with zero attached hydrogens (tertiary/aromatic N) is 1. The van der Waals surface area contributed by atoms with Crippen LogP contribution in [0.1, 0.15) is 25.0 Å². The normalized spacial score (nSPS) is 16.1. The summed E-state index contributed by atoms with van der Waals surface area (Å²) in [7, 11) is -2.56. The van der Waals surface area contributed by atoms with E-state index >= 15 is 0 Å². The van der Waals surface area contributed by atoms with Crippen molar-refractivity contribution in [1.29, 1.82) is 0 Å². The van der Waals surface area contributed by atoms with E-state index < -0.39 is 8.07 Å². The molecule has 1 nitrogen and oxygen atoms in total. The van der Waals surface area contributed by atoms with Crippen LogP contribution in [0, 0.1) is 0 Å². The molecule has 3 heterocycles. The number of benzene rings is 6. The molecule has 0 aromatic heterocycles. The maximum Gasteiger partial charge on any atom is 0.183 e. The highest BCUT2D eigenvalue weighted by atomic mass is 32.2. The van der Waals surface area contributed by atoms with Crippen LogP contribution in [-0.2, 0) is 5.41 Å². The van der Waals surface area contributed by atoms with Crippen molar-refractivity contribution in [3.8, 4) is 11.1 Å².